The first-order valence-electron chi connectivity index (χ1n) is 5.26. The van der Waals surface area contributed by atoms with Crippen LogP contribution in [-0.4, -0.2) is 22.4 Å². The number of hydrogen-bond acceptors (Lipinski definition) is 2. The van der Waals surface area contributed by atoms with Crippen LogP contribution >= 0.6 is 0 Å². The van der Waals surface area contributed by atoms with E-state index in [9.17, 15) is 13.2 Å². The molecule has 1 aromatic rings. The number of nitrogens with one attached hydrogen (secondary N) is 1. The van der Waals surface area contributed by atoms with E-state index in [2.05, 4.69) is 10.4 Å². The second kappa shape index (κ2) is 5.34. The van der Waals surface area contributed by atoms with Gasteiger partial charge in [-0.05, 0) is 13.3 Å². The van der Waals surface area contributed by atoms with E-state index in [1.54, 1.807) is 0 Å². The van der Waals surface area contributed by atoms with Crippen molar-refractivity contribution in [2.75, 3.05) is 6.54 Å². The van der Waals surface area contributed by atoms with E-state index < -0.39 is 11.7 Å². The minimum Gasteiger partial charge on any atom is -0.312 e. The van der Waals surface area contributed by atoms with Gasteiger partial charge in [0, 0.05) is 18.8 Å². The van der Waals surface area contributed by atoms with Gasteiger partial charge >= 0.3 is 6.18 Å². The van der Waals surface area contributed by atoms with Crippen molar-refractivity contribution in [2.24, 2.45) is 0 Å². The molecule has 1 N–H and O–H groups in total. The van der Waals surface area contributed by atoms with Gasteiger partial charge in [-0.2, -0.15) is 18.3 Å². The zero-order valence-corrected chi connectivity index (χ0v) is 9.38. The summed E-state index contributed by atoms with van der Waals surface area (Å²) in [4.78, 5) is 0. The quantitative estimate of drug-likeness (QED) is 0.848. The molecule has 0 aliphatic rings. The summed E-state index contributed by atoms with van der Waals surface area (Å²) >= 11 is 0. The molecule has 0 amide bonds. The van der Waals surface area contributed by atoms with Gasteiger partial charge in [-0.15, -0.1) is 0 Å². The molecular weight excluding hydrogens is 219 g/mol. The Kier molecular flexibility index (Phi) is 4.35. The molecule has 1 rings (SSSR count). The van der Waals surface area contributed by atoms with Crippen LogP contribution < -0.4 is 5.32 Å². The highest BCUT2D eigenvalue weighted by Crippen LogP contribution is 2.28. The molecule has 16 heavy (non-hydrogen) atoms. The maximum Gasteiger partial charge on any atom is 0.419 e. The predicted molar refractivity (Wildman–Crippen MR) is 55.0 cm³/mol. The molecule has 0 saturated carbocycles. The number of nitrogens with zero attached hydrogens (tertiary/aromatic N) is 2. The molecule has 0 aliphatic carbocycles. The third-order valence-electron chi connectivity index (χ3n) is 2.41. The standard InChI is InChI=1S/C10H16F3N3/c1-3-8(2)14-4-5-16-7-9(6-15-16)10(11,12)13/h6-8,14H,3-5H2,1-2H3. The molecule has 0 radical (unpaired) electrons. The zero-order valence-electron chi connectivity index (χ0n) is 9.38. The number of hydrogen-bond donors (Lipinski definition) is 1. The van der Waals surface area contributed by atoms with Gasteiger partial charge < -0.3 is 5.32 Å². The molecule has 0 aliphatic heterocycles. The Morgan fingerprint density at radius 2 is 2.19 bits per heavy atom. The molecule has 0 saturated heterocycles. The van der Waals surface area contributed by atoms with Crippen LogP contribution in [0.1, 0.15) is 25.8 Å². The van der Waals surface area contributed by atoms with Crippen LogP contribution in [0, 0.1) is 0 Å². The summed E-state index contributed by atoms with van der Waals surface area (Å²) in [5.41, 5.74) is -0.698. The highest BCUT2D eigenvalue weighted by Gasteiger charge is 2.32. The summed E-state index contributed by atoms with van der Waals surface area (Å²) in [5.74, 6) is 0. The van der Waals surface area contributed by atoms with Gasteiger partial charge in [0.2, 0.25) is 0 Å². The van der Waals surface area contributed by atoms with Gasteiger partial charge in [0.05, 0.1) is 18.3 Å². The van der Waals surface area contributed by atoms with E-state index in [1.165, 1.54) is 4.68 Å². The Morgan fingerprint density at radius 1 is 1.50 bits per heavy atom. The van der Waals surface area contributed by atoms with Gasteiger partial charge in [0.15, 0.2) is 0 Å². The number of aromatic nitrogens is 2. The first-order chi connectivity index (χ1) is 7.43. The molecule has 92 valence electrons. The van der Waals surface area contributed by atoms with Crippen molar-refractivity contribution in [3.05, 3.63) is 18.0 Å². The lowest BCUT2D eigenvalue weighted by atomic mass is 10.3. The summed E-state index contributed by atoms with van der Waals surface area (Å²) in [6.45, 7) is 5.14. The molecule has 1 aromatic heterocycles. The summed E-state index contributed by atoms with van der Waals surface area (Å²) in [6, 6.07) is 0.373. The van der Waals surface area contributed by atoms with Crippen LogP contribution in [0.15, 0.2) is 12.4 Å². The fourth-order valence-corrected chi connectivity index (χ4v) is 1.20. The van der Waals surface area contributed by atoms with Crippen molar-refractivity contribution in [3.8, 4) is 0 Å². The lowest BCUT2D eigenvalue weighted by molar-refractivity contribution is -0.137. The fraction of sp³-hybridized carbons (Fsp3) is 0.700. The topological polar surface area (TPSA) is 29.9 Å². The monoisotopic (exact) mass is 235 g/mol. The Labute approximate surface area is 92.6 Å². The van der Waals surface area contributed by atoms with Crippen molar-refractivity contribution < 1.29 is 13.2 Å². The fourth-order valence-electron chi connectivity index (χ4n) is 1.20. The molecule has 1 atom stereocenters. The van der Waals surface area contributed by atoms with Crippen LogP contribution in [0.5, 0.6) is 0 Å². The van der Waals surface area contributed by atoms with Crippen molar-refractivity contribution in [2.45, 2.75) is 39.0 Å². The summed E-state index contributed by atoms with van der Waals surface area (Å²) in [6.07, 6.45) is -1.43. The number of rotatable bonds is 5. The highest BCUT2D eigenvalue weighted by molar-refractivity contribution is 5.08. The largest absolute Gasteiger partial charge is 0.419 e. The first kappa shape index (κ1) is 13.0. The third kappa shape index (κ3) is 3.84. The lowest BCUT2D eigenvalue weighted by Gasteiger charge is -2.10. The SMILES string of the molecule is CCC(C)NCCn1cc(C(F)(F)F)cn1. The number of halogens is 3. The molecule has 1 unspecified atom stereocenters. The molecule has 3 nitrogen and oxygen atoms in total. The normalized spacial score (nSPS) is 14.1. The first-order valence-corrected chi connectivity index (χ1v) is 5.26. The van der Waals surface area contributed by atoms with Crippen LogP contribution in [0.25, 0.3) is 0 Å². The highest BCUT2D eigenvalue weighted by atomic mass is 19.4. The molecule has 0 bridgehead atoms. The van der Waals surface area contributed by atoms with Crippen LogP contribution in [-0.2, 0) is 12.7 Å². The van der Waals surface area contributed by atoms with E-state index in [-0.39, 0.29) is 0 Å². The van der Waals surface area contributed by atoms with Gasteiger partial charge in [-0.25, -0.2) is 0 Å². The zero-order chi connectivity index (χ0) is 12.2. The minimum absolute atomic E-state index is 0.373. The van der Waals surface area contributed by atoms with E-state index in [4.69, 9.17) is 0 Å². The van der Waals surface area contributed by atoms with Crippen molar-refractivity contribution in [3.63, 3.8) is 0 Å². The average Bonchev–Trinajstić information content (AvgIpc) is 2.65. The molecular formula is C10H16F3N3. The summed E-state index contributed by atoms with van der Waals surface area (Å²) < 4.78 is 38.0. The Balaban J connectivity index is 2.41. The van der Waals surface area contributed by atoms with Gasteiger partial charge in [0.25, 0.3) is 0 Å². The molecule has 0 aromatic carbocycles. The Morgan fingerprint density at radius 3 is 2.69 bits per heavy atom. The maximum absolute atomic E-state index is 12.2. The van der Waals surface area contributed by atoms with Crippen molar-refractivity contribution in [1.29, 1.82) is 0 Å². The lowest BCUT2D eigenvalue weighted by Crippen LogP contribution is -2.28. The van der Waals surface area contributed by atoms with Crippen LogP contribution in [0.2, 0.25) is 0 Å². The Bertz CT molecular complexity index is 319. The summed E-state index contributed by atoms with van der Waals surface area (Å²) in [7, 11) is 0. The molecule has 1 heterocycles. The van der Waals surface area contributed by atoms with Gasteiger partial charge in [-0.1, -0.05) is 6.92 Å². The molecule has 6 heteroatoms. The van der Waals surface area contributed by atoms with E-state index in [1.807, 2.05) is 13.8 Å². The predicted octanol–water partition coefficient (Wildman–Crippen LogP) is 2.29. The van der Waals surface area contributed by atoms with Crippen molar-refractivity contribution >= 4 is 0 Å². The van der Waals surface area contributed by atoms with E-state index >= 15 is 0 Å². The van der Waals surface area contributed by atoms with Gasteiger partial charge in [-0.3, -0.25) is 4.68 Å². The van der Waals surface area contributed by atoms with E-state index in [0.29, 0.717) is 19.1 Å². The summed E-state index contributed by atoms with van der Waals surface area (Å²) in [5, 5.41) is 6.85. The van der Waals surface area contributed by atoms with Crippen molar-refractivity contribution in [1.82, 2.24) is 15.1 Å². The van der Waals surface area contributed by atoms with Crippen LogP contribution in [0.3, 0.4) is 0 Å². The van der Waals surface area contributed by atoms with Crippen LogP contribution in [0.4, 0.5) is 13.2 Å². The second-order valence-electron chi connectivity index (χ2n) is 3.75. The van der Waals surface area contributed by atoms with Gasteiger partial charge in [0.1, 0.15) is 0 Å². The smallest absolute Gasteiger partial charge is 0.312 e. The third-order valence-corrected chi connectivity index (χ3v) is 2.41. The molecule has 0 fully saturated rings. The molecule has 0 spiro atoms. The Hall–Kier alpha value is -1.04. The minimum atomic E-state index is -4.30. The van der Waals surface area contributed by atoms with E-state index in [0.717, 1.165) is 18.8 Å². The maximum atomic E-state index is 12.2. The second-order valence-corrected chi connectivity index (χ2v) is 3.75. The average molecular weight is 235 g/mol. The number of alkyl halides is 3.